The lowest BCUT2D eigenvalue weighted by Gasteiger charge is -2.20. The number of aromatic nitrogens is 2. The molecule has 0 radical (unpaired) electrons. The van der Waals surface area contributed by atoms with Crippen molar-refractivity contribution in [3.8, 4) is 11.3 Å². The zero-order chi connectivity index (χ0) is 20.1. The Labute approximate surface area is 170 Å². The van der Waals surface area contributed by atoms with E-state index in [9.17, 15) is 4.79 Å². The second-order valence-electron chi connectivity index (χ2n) is 7.23. The fraction of sp³-hybridized carbons (Fsp3) is 0.227. The van der Waals surface area contributed by atoms with E-state index in [0.717, 1.165) is 16.9 Å². The number of hydrogen-bond acceptors (Lipinski definition) is 4. The van der Waals surface area contributed by atoms with Crippen LogP contribution in [0.4, 0.5) is 17.2 Å². The molecule has 144 valence electrons. The van der Waals surface area contributed by atoms with Gasteiger partial charge in [0.25, 0.3) is 0 Å². The van der Waals surface area contributed by atoms with Crippen LogP contribution in [0.3, 0.4) is 0 Å². The van der Waals surface area contributed by atoms with Crippen molar-refractivity contribution in [1.82, 2.24) is 9.97 Å². The van der Waals surface area contributed by atoms with E-state index in [2.05, 4.69) is 20.6 Å². The van der Waals surface area contributed by atoms with Crippen molar-refractivity contribution < 1.29 is 4.79 Å². The van der Waals surface area contributed by atoms with E-state index >= 15 is 0 Å². The molecule has 0 aliphatic rings. The maximum atomic E-state index is 12.3. The van der Waals surface area contributed by atoms with E-state index in [0.29, 0.717) is 17.3 Å². The summed E-state index contributed by atoms with van der Waals surface area (Å²) in [6, 6.07) is 19.4. The summed E-state index contributed by atoms with van der Waals surface area (Å²) in [5.74, 6) is 1.50. The topological polar surface area (TPSA) is 66.9 Å². The van der Waals surface area contributed by atoms with Gasteiger partial charge in [0.05, 0.1) is 11.1 Å². The van der Waals surface area contributed by atoms with Crippen LogP contribution in [0, 0.1) is 12.3 Å². The van der Waals surface area contributed by atoms with Gasteiger partial charge in [0.1, 0.15) is 11.6 Å². The quantitative estimate of drug-likeness (QED) is 0.549. The fourth-order valence-electron chi connectivity index (χ4n) is 2.57. The lowest BCUT2D eigenvalue weighted by atomic mass is 9.95. The summed E-state index contributed by atoms with van der Waals surface area (Å²) in [5.41, 5.74) is 2.75. The van der Waals surface area contributed by atoms with Crippen LogP contribution in [0.5, 0.6) is 0 Å². The summed E-state index contributed by atoms with van der Waals surface area (Å²) in [6.07, 6.45) is 0. The van der Waals surface area contributed by atoms with Gasteiger partial charge >= 0.3 is 0 Å². The number of amides is 1. The van der Waals surface area contributed by atoms with E-state index in [1.54, 1.807) is 0 Å². The maximum absolute atomic E-state index is 12.3. The van der Waals surface area contributed by atoms with Crippen molar-refractivity contribution in [2.75, 3.05) is 16.5 Å². The minimum absolute atomic E-state index is 0.121. The Balaban J connectivity index is 1.81. The molecule has 0 aliphatic heterocycles. The molecule has 28 heavy (non-hydrogen) atoms. The van der Waals surface area contributed by atoms with Gasteiger partial charge < -0.3 is 10.6 Å². The zero-order valence-electron chi connectivity index (χ0n) is 16.2. The number of carbonyl (C=O) groups excluding carboxylic acids is 1. The molecule has 3 aromatic rings. The summed E-state index contributed by atoms with van der Waals surface area (Å²) >= 11 is 5.89. The second-order valence-corrected chi connectivity index (χ2v) is 7.50. The summed E-state index contributed by atoms with van der Waals surface area (Å²) in [4.78, 5) is 21.3. The van der Waals surface area contributed by atoms with Crippen LogP contribution in [0.1, 0.15) is 19.7 Å². The molecule has 0 unspecified atom stereocenters. The van der Waals surface area contributed by atoms with Crippen LogP contribution >= 0.6 is 11.6 Å². The Morgan fingerprint density at radius 3 is 2.43 bits per heavy atom. The summed E-state index contributed by atoms with van der Waals surface area (Å²) < 4.78 is 0. The number of anilines is 3. The minimum atomic E-state index is -0.640. The molecule has 0 atom stereocenters. The zero-order valence-corrected chi connectivity index (χ0v) is 16.9. The van der Waals surface area contributed by atoms with Crippen LogP contribution in [0.15, 0.2) is 60.7 Å². The number of halogens is 1. The number of aryl methyl sites for hydroxylation is 1. The molecule has 0 saturated heterocycles. The van der Waals surface area contributed by atoms with Crippen molar-refractivity contribution in [2.24, 2.45) is 5.41 Å². The summed E-state index contributed by atoms with van der Waals surface area (Å²) in [6.45, 7) is 5.49. The second kappa shape index (κ2) is 8.40. The number of nitrogens with zero attached hydrogens (tertiary/aromatic N) is 2. The SMILES string of the molecule is Cc1nc(Nc2cccc(NC(=O)C(C)(C)CCl)c2)cc(-c2ccccc2)n1. The van der Waals surface area contributed by atoms with Crippen molar-refractivity contribution in [3.05, 3.63) is 66.5 Å². The largest absolute Gasteiger partial charge is 0.340 e. The Kier molecular flexibility index (Phi) is 5.95. The third-order valence-corrected chi connectivity index (χ3v) is 4.92. The molecule has 0 fully saturated rings. The van der Waals surface area contributed by atoms with Gasteiger partial charge in [-0.15, -0.1) is 11.6 Å². The highest BCUT2D eigenvalue weighted by Crippen LogP contribution is 2.25. The third kappa shape index (κ3) is 4.87. The predicted octanol–water partition coefficient (Wildman–Crippen LogP) is 5.40. The van der Waals surface area contributed by atoms with Gasteiger partial charge in [0.2, 0.25) is 5.91 Å². The first-order valence-corrected chi connectivity index (χ1v) is 9.56. The van der Waals surface area contributed by atoms with Crippen LogP contribution in [0.2, 0.25) is 0 Å². The summed E-state index contributed by atoms with van der Waals surface area (Å²) in [7, 11) is 0. The highest BCUT2D eigenvalue weighted by atomic mass is 35.5. The van der Waals surface area contributed by atoms with Crippen LogP contribution < -0.4 is 10.6 Å². The first-order valence-electron chi connectivity index (χ1n) is 9.03. The van der Waals surface area contributed by atoms with Gasteiger partial charge in [-0.1, -0.05) is 36.4 Å². The number of nitrogens with one attached hydrogen (secondary N) is 2. The Morgan fingerprint density at radius 2 is 1.71 bits per heavy atom. The van der Waals surface area contributed by atoms with Gasteiger partial charge in [-0.3, -0.25) is 4.79 Å². The Morgan fingerprint density at radius 1 is 1.00 bits per heavy atom. The van der Waals surface area contributed by atoms with Crippen LogP contribution in [0.25, 0.3) is 11.3 Å². The standard InChI is InChI=1S/C22H23ClN4O/c1-15-24-19(16-8-5-4-6-9-16)13-20(25-15)26-17-10-7-11-18(12-17)27-21(28)22(2,3)14-23/h4-13H,14H2,1-3H3,(H,27,28)(H,24,25,26). The maximum Gasteiger partial charge on any atom is 0.231 e. The smallest absolute Gasteiger partial charge is 0.231 e. The van der Waals surface area contributed by atoms with Crippen LogP contribution in [-0.2, 0) is 4.79 Å². The fourth-order valence-corrected chi connectivity index (χ4v) is 2.69. The Bertz CT molecular complexity index is 973. The van der Waals surface area contributed by atoms with E-state index in [1.165, 1.54) is 0 Å². The van der Waals surface area contributed by atoms with E-state index in [-0.39, 0.29) is 11.8 Å². The van der Waals surface area contributed by atoms with Gasteiger partial charge in [-0.25, -0.2) is 9.97 Å². The van der Waals surface area contributed by atoms with Crippen LogP contribution in [-0.4, -0.2) is 21.8 Å². The molecule has 2 N–H and O–H groups in total. The summed E-state index contributed by atoms with van der Waals surface area (Å²) in [5, 5.41) is 6.20. The highest BCUT2D eigenvalue weighted by Gasteiger charge is 2.26. The average Bonchev–Trinajstić information content (AvgIpc) is 2.68. The van der Waals surface area contributed by atoms with Gasteiger partial charge in [-0.2, -0.15) is 0 Å². The molecule has 0 spiro atoms. The predicted molar refractivity (Wildman–Crippen MR) is 115 cm³/mol. The first-order chi connectivity index (χ1) is 13.4. The molecule has 6 heteroatoms. The number of alkyl halides is 1. The monoisotopic (exact) mass is 394 g/mol. The Hall–Kier alpha value is -2.92. The molecular formula is C22H23ClN4O. The van der Waals surface area contributed by atoms with Crippen molar-refractivity contribution in [3.63, 3.8) is 0 Å². The molecule has 0 aliphatic carbocycles. The van der Waals surface area contributed by atoms with E-state index in [4.69, 9.17) is 11.6 Å². The normalized spacial score (nSPS) is 11.1. The van der Waals surface area contributed by atoms with Gasteiger partial charge in [-0.05, 0) is 39.0 Å². The molecule has 2 aromatic carbocycles. The number of hydrogen-bond donors (Lipinski definition) is 2. The molecule has 1 aromatic heterocycles. The van der Waals surface area contributed by atoms with Gasteiger partial charge in [0.15, 0.2) is 0 Å². The van der Waals surface area contributed by atoms with E-state index < -0.39 is 5.41 Å². The molecule has 0 saturated carbocycles. The molecule has 0 bridgehead atoms. The highest BCUT2D eigenvalue weighted by molar-refractivity contribution is 6.20. The van der Waals surface area contributed by atoms with Crippen molar-refractivity contribution in [1.29, 1.82) is 0 Å². The average molecular weight is 395 g/mol. The molecule has 5 nitrogen and oxygen atoms in total. The van der Waals surface area contributed by atoms with Gasteiger partial charge in [0, 0.05) is 28.9 Å². The third-order valence-electron chi connectivity index (χ3n) is 4.25. The van der Waals surface area contributed by atoms with Crippen molar-refractivity contribution in [2.45, 2.75) is 20.8 Å². The molecular weight excluding hydrogens is 372 g/mol. The van der Waals surface area contributed by atoms with Crippen molar-refractivity contribution >= 4 is 34.7 Å². The molecule has 3 rings (SSSR count). The lowest BCUT2D eigenvalue weighted by molar-refractivity contribution is -0.122. The first kappa shape index (κ1) is 19.8. The number of carbonyl (C=O) groups is 1. The minimum Gasteiger partial charge on any atom is -0.340 e. The molecule has 1 amide bonds. The van der Waals surface area contributed by atoms with E-state index in [1.807, 2.05) is 81.4 Å². The number of rotatable bonds is 6. The number of benzene rings is 2. The molecule has 1 heterocycles. The lowest BCUT2D eigenvalue weighted by Crippen LogP contribution is -2.32.